The second-order valence-corrected chi connectivity index (χ2v) is 4.33. The summed E-state index contributed by atoms with van der Waals surface area (Å²) in [6, 6.07) is 0. The van der Waals surface area contributed by atoms with Gasteiger partial charge in [0.15, 0.2) is 5.13 Å². The molecule has 1 aliphatic rings. The lowest BCUT2D eigenvalue weighted by Crippen LogP contribution is -2.24. The first-order valence-electron chi connectivity index (χ1n) is 4.69. The first kappa shape index (κ1) is 9.61. The molecule has 1 aromatic rings. The van der Waals surface area contributed by atoms with Gasteiger partial charge in [-0.15, -0.1) is 11.3 Å². The van der Waals surface area contributed by atoms with Gasteiger partial charge in [0.05, 0.1) is 11.6 Å². The van der Waals surface area contributed by atoms with Crippen LogP contribution in [0.3, 0.4) is 0 Å². The van der Waals surface area contributed by atoms with Gasteiger partial charge in [-0.05, 0) is 19.9 Å². The summed E-state index contributed by atoms with van der Waals surface area (Å²) in [5.74, 6) is 0.198. The summed E-state index contributed by atoms with van der Waals surface area (Å²) < 4.78 is 0. The number of thiazole rings is 1. The van der Waals surface area contributed by atoms with Crippen molar-refractivity contribution in [3.63, 3.8) is 0 Å². The molecule has 14 heavy (non-hydrogen) atoms. The van der Waals surface area contributed by atoms with E-state index in [0.29, 0.717) is 5.13 Å². The highest BCUT2D eigenvalue weighted by molar-refractivity contribution is 7.13. The molecule has 0 aromatic carbocycles. The standard InChI is InChI=1S/C9H13N3OS/c1-6-5-14-9(11-6)12-8(13)7-2-3-10-4-7/h5,7,10H,2-4H2,1H3,(H,11,12,13)/t7-/m0/s1. The Hall–Kier alpha value is -0.940. The zero-order chi connectivity index (χ0) is 9.97. The van der Waals surface area contributed by atoms with E-state index in [9.17, 15) is 4.79 Å². The normalized spacial score (nSPS) is 21.1. The highest BCUT2D eigenvalue weighted by Crippen LogP contribution is 2.17. The number of nitrogens with zero attached hydrogens (tertiary/aromatic N) is 1. The molecule has 0 bridgehead atoms. The van der Waals surface area contributed by atoms with Crippen LogP contribution in [-0.2, 0) is 4.79 Å². The van der Waals surface area contributed by atoms with E-state index in [4.69, 9.17) is 0 Å². The fourth-order valence-electron chi connectivity index (χ4n) is 1.50. The molecule has 2 heterocycles. The smallest absolute Gasteiger partial charge is 0.230 e. The zero-order valence-electron chi connectivity index (χ0n) is 8.04. The molecule has 76 valence electrons. The van der Waals surface area contributed by atoms with E-state index in [1.165, 1.54) is 11.3 Å². The predicted octanol–water partition coefficient (Wildman–Crippen LogP) is 1.000. The van der Waals surface area contributed by atoms with E-state index in [0.717, 1.165) is 25.2 Å². The van der Waals surface area contributed by atoms with E-state index < -0.39 is 0 Å². The van der Waals surface area contributed by atoms with Gasteiger partial charge in [0, 0.05) is 11.9 Å². The lowest BCUT2D eigenvalue weighted by molar-refractivity contribution is -0.119. The molecule has 1 fully saturated rings. The van der Waals surface area contributed by atoms with Crippen molar-refractivity contribution in [3.8, 4) is 0 Å². The summed E-state index contributed by atoms with van der Waals surface area (Å²) in [7, 11) is 0. The average Bonchev–Trinajstić information content (AvgIpc) is 2.75. The topological polar surface area (TPSA) is 54.0 Å². The van der Waals surface area contributed by atoms with Crippen molar-refractivity contribution in [2.45, 2.75) is 13.3 Å². The number of aryl methyl sites for hydroxylation is 1. The van der Waals surface area contributed by atoms with Crippen LogP contribution in [0.4, 0.5) is 5.13 Å². The quantitative estimate of drug-likeness (QED) is 0.767. The van der Waals surface area contributed by atoms with Crippen molar-refractivity contribution in [2.75, 3.05) is 18.4 Å². The Kier molecular flexibility index (Phi) is 2.79. The molecule has 0 radical (unpaired) electrons. The number of carbonyl (C=O) groups is 1. The summed E-state index contributed by atoms with van der Waals surface area (Å²) in [5, 5.41) is 8.64. The van der Waals surface area contributed by atoms with Crippen LogP contribution in [0.1, 0.15) is 12.1 Å². The maximum atomic E-state index is 11.6. The largest absolute Gasteiger partial charge is 0.316 e. The molecule has 0 aliphatic carbocycles. The predicted molar refractivity (Wildman–Crippen MR) is 56.5 cm³/mol. The van der Waals surface area contributed by atoms with E-state index in [-0.39, 0.29) is 11.8 Å². The number of hydrogen-bond acceptors (Lipinski definition) is 4. The third-order valence-corrected chi connectivity index (χ3v) is 3.16. The summed E-state index contributed by atoms with van der Waals surface area (Å²) >= 11 is 1.47. The molecule has 0 saturated carbocycles. The molecule has 1 saturated heterocycles. The van der Waals surface area contributed by atoms with Crippen molar-refractivity contribution in [1.29, 1.82) is 0 Å². The van der Waals surface area contributed by atoms with Gasteiger partial charge in [0.25, 0.3) is 0 Å². The van der Waals surface area contributed by atoms with Crippen LogP contribution in [0, 0.1) is 12.8 Å². The Morgan fingerprint density at radius 3 is 3.21 bits per heavy atom. The third-order valence-electron chi connectivity index (χ3n) is 2.28. The number of hydrogen-bond donors (Lipinski definition) is 2. The molecule has 5 heteroatoms. The lowest BCUT2D eigenvalue weighted by Gasteiger charge is -2.06. The molecule has 0 unspecified atom stereocenters. The molecular formula is C9H13N3OS. The highest BCUT2D eigenvalue weighted by atomic mass is 32.1. The number of anilines is 1. The van der Waals surface area contributed by atoms with E-state index in [1.807, 2.05) is 12.3 Å². The summed E-state index contributed by atoms with van der Waals surface area (Å²) in [4.78, 5) is 15.8. The molecule has 0 spiro atoms. The number of carbonyl (C=O) groups excluding carboxylic acids is 1. The minimum Gasteiger partial charge on any atom is -0.316 e. The molecule has 1 amide bonds. The minimum absolute atomic E-state index is 0.0874. The molecule has 2 rings (SSSR count). The van der Waals surface area contributed by atoms with Gasteiger partial charge in [-0.3, -0.25) is 4.79 Å². The van der Waals surface area contributed by atoms with Crippen LogP contribution in [0.15, 0.2) is 5.38 Å². The molecule has 4 nitrogen and oxygen atoms in total. The van der Waals surface area contributed by atoms with Crippen LogP contribution >= 0.6 is 11.3 Å². The lowest BCUT2D eigenvalue weighted by atomic mass is 10.1. The highest BCUT2D eigenvalue weighted by Gasteiger charge is 2.22. The average molecular weight is 211 g/mol. The second kappa shape index (κ2) is 4.06. The van der Waals surface area contributed by atoms with Crippen molar-refractivity contribution in [1.82, 2.24) is 10.3 Å². The fourth-order valence-corrected chi connectivity index (χ4v) is 2.19. The molecular weight excluding hydrogens is 198 g/mol. The second-order valence-electron chi connectivity index (χ2n) is 3.47. The number of rotatable bonds is 2. The first-order valence-corrected chi connectivity index (χ1v) is 5.57. The van der Waals surface area contributed by atoms with Gasteiger partial charge in [0.2, 0.25) is 5.91 Å². The van der Waals surface area contributed by atoms with Gasteiger partial charge in [-0.2, -0.15) is 0 Å². The molecule has 2 N–H and O–H groups in total. The Labute approximate surface area is 86.7 Å². The van der Waals surface area contributed by atoms with Gasteiger partial charge < -0.3 is 10.6 Å². The summed E-state index contributed by atoms with van der Waals surface area (Å²) in [6.07, 6.45) is 0.927. The van der Waals surface area contributed by atoms with Crippen LogP contribution in [-0.4, -0.2) is 24.0 Å². The third kappa shape index (κ3) is 2.10. The Balaban J connectivity index is 1.93. The summed E-state index contributed by atoms with van der Waals surface area (Å²) in [5.41, 5.74) is 0.954. The Bertz CT molecular complexity index is 331. The van der Waals surface area contributed by atoms with Crippen LogP contribution < -0.4 is 10.6 Å². The maximum absolute atomic E-state index is 11.6. The Morgan fingerprint density at radius 2 is 2.64 bits per heavy atom. The molecule has 1 aromatic heterocycles. The van der Waals surface area contributed by atoms with Crippen molar-refractivity contribution in [2.24, 2.45) is 5.92 Å². The zero-order valence-corrected chi connectivity index (χ0v) is 8.86. The molecule has 1 atom stereocenters. The molecule has 1 aliphatic heterocycles. The van der Waals surface area contributed by atoms with E-state index >= 15 is 0 Å². The van der Waals surface area contributed by atoms with Crippen LogP contribution in [0.2, 0.25) is 0 Å². The first-order chi connectivity index (χ1) is 6.75. The SMILES string of the molecule is Cc1csc(NC(=O)[C@H]2CCNC2)n1. The van der Waals surface area contributed by atoms with Crippen LogP contribution in [0.5, 0.6) is 0 Å². The van der Waals surface area contributed by atoms with Gasteiger partial charge in [-0.1, -0.05) is 0 Å². The number of aromatic nitrogens is 1. The maximum Gasteiger partial charge on any atom is 0.230 e. The van der Waals surface area contributed by atoms with Crippen molar-refractivity contribution < 1.29 is 4.79 Å². The Morgan fingerprint density at radius 1 is 1.79 bits per heavy atom. The van der Waals surface area contributed by atoms with Crippen LogP contribution in [0.25, 0.3) is 0 Å². The monoisotopic (exact) mass is 211 g/mol. The van der Waals surface area contributed by atoms with Gasteiger partial charge in [-0.25, -0.2) is 4.98 Å². The fraction of sp³-hybridized carbons (Fsp3) is 0.556. The van der Waals surface area contributed by atoms with Gasteiger partial charge in [0.1, 0.15) is 0 Å². The minimum atomic E-state index is 0.0874. The summed E-state index contributed by atoms with van der Waals surface area (Å²) in [6.45, 7) is 3.65. The number of amides is 1. The van der Waals surface area contributed by atoms with Crippen molar-refractivity contribution in [3.05, 3.63) is 11.1 Å². The number of nitrogens with one attached hydrogen (secondary N) is 2. The van der Waals surface area contributed by atoms with E-state index in [1.54, 1.807) is 0 Å². The van der Waals surface area contributed by atoms with E-state index in [2.05, 4.69) is 15.6 Å². The van der Waals surface area contributed by atoms with Gasteiger partial charge >= 0.3 is 0 Å². The van der Waals surface area contributed by atoms with Crippen molar-refractivity contribution >= 4 is 22.4 Å².